The van der Waals surface area contributed by atoms with Gasteiger partial charge in [-0.25, -0.2) is 0 Å². The Morgan fingerprint density at radius 2 is 1.74 bits per heavy atom. The zero-order valence-electron chi connectivity index (χ0n) is 18.1. The molecule has 5 nitrogen and oxygen atoms in total. The SMILES string of the molecule is CC(=O)c1cccc(N2CCN(CCC3CCC(NC(=O)CC(F)(F)F)CC3)CC2)c1. The van der Waals surface area contributed by atoms with Crippen LogP contribution in [-0.2, 0) is 4.79 Å². The molecule has 2 fully saturated rings. The predicted octanol–water partition coefficient (Wildman–Crippen LogP) is 4.03. The van der Waals surface area contributed by atoms with E-state index in [1.54, 1.807) is 6.92 Å². The Hall–Kier alpha value is -2.09. The van der Waals surface area contributed by atoms with E-state index in [0.717, 1.165) is 76.1 Å². The van der Waals surface area contributed by atoms with Crippen LogP contribution in [0.3, 0.4) is 0 Å². The van der Waals surface area contributed by atoms with Crippen LogP contribution in [0.5, 0.6) is 0 Å². The molecule has 1 aliphatic carbocycles. The van der Waals surface area contributed by atoms with Crippen LogP contribution in [0, 0.1) is 5.92 Å². The number of carbonyl (C=O) groups excluding carboxylic acids is 2. The summed E-state index contributed by atoms with van der Waals surface area (Å²) in [4.78, 5) is 27.8. The molecule has 31 heavy (non-hydrogen) atoms. The molecule has 1 aliphatic heterocycles. The number of Topliss-reactive ketones (excluding diaryl/α,β-unsaturated/α-hetero) is 1. The highest BCUT2D eigenvalue weighted by Crippen LogP contribution is 2.28. The van der Waals surface area contributed by atoms with E-state index in [2.05, 4.69) is 15.1 Å². The summed E-state index contributed by atoms with van der Waals surface area (Å²) in [7, 11) is 0. The summed E-state index contributed by atoms with van der Waals surface area (Å²) >= 11 is 0. The average molecular weight is 440 g/mol. The third-order valence-corrected chi connectivity index (χ3v) is 6.42. The summed E-state index contributed by atoms with van der Waals surface area (Å²) in [5.41, 5.74) is 1.84. The monoisotopic (exact) mass is 439 g/mol. The van der Waals surface area contributed by atoms with E-state index in [1.807, 2.05) is 24.3 Å². The molecule has 1 aromatic carbocycles. The van der Waals surface area contributed by atoms with Gasteiger partial charge in [0.25, 0.3) is 0 Å². The van der Waals surface area contributed by atoms with Gasteiger partial charge in [0.15, 0.2) is 5.78 Å². The zero-order chi connectivity index (χ0) is 22.4. The fourth-order valence-electron chi connectivity index (χ4n) is 4.57. The van der Waals surface area contributed by atoms with Crippen LogP contribution in [0.1, 0.15) is 55.8 Å². The number of anilines is 1. The molecule has 1 amide bonds. The Kier molecular flexibility index (Phi) is 7.97. The molecule has 8 heteroatoms. The summed E-state index contributed by atoms with van der Waals surface area (Å²) in [5, 5.41) is 2.54. The number of halogens is 3. The Morgan fingerprint density at radius 1 is 1.06 bits per heavy atom. The molecular formula is C23H32F3N3O2. The molecule has 1 saturated carbocycles. The fraction of sp³-hybridized carbons (Fsp3) is 0.652. The van der Waals surface area contributed by atoms with E-state index in [0.29, 0.717) is 5.92 Å². The number of hydrogen-bond donors (Lipinski definition) is 1. The lowest BCUT2D eigenvalue weighted by molar-refractivity contribution is -0.154. The Bertz CT molecular complexity index is 753. The largest absolute Gasteiger partial charge is 0.397 e. The van der Waals surface area contributed by atoms with Crippen LogP contribution in [0.4, 0.5) is 18.9 Å². The molecule has 1 N–H and O–H groups in total. The summed E-state index contributed by atoms with van der Waals surface area (Å²) in [5.74, 6) is -0.265. The number of alkyl halides is 3. The van der Waals surface area contributed by atoms with Crippen LogP contribution < -0.4 is 10.2 Å². The summed E-state index contributed by atoms with van der Waals surface area (Å²) in [6.45, 7) is 6.43. The van der Waals surface area contributed by atoms with Crippen molar-refractivity contribution < 1.29 is 22.8 Å². The van der Waals surface area contributed by atoms with Gasteiger partial charge in [-0.2, -0.15) is 13.2 Å². The molecule has 1 saturated heterocycles. The first-order valence-electron chi connectivity index (χ1n) is 11.1. The fourth-order valence-corrected chi connectivity index (χ4v) is 4.57. The quantitative estimate of drug-likeness (QED) is 0.652. The third-order valence-electron chi connectivity index (χ3n) is 6.42. The number of carbonyl (C=O) groups is 2. The number of amides is 1. The molecule has 3 rings (SSSR count). The highest BCUT2D eigenvalue weighted by molar-refractivity contribution is 5.95. The van der Waals surface area contributed by atoms with Crippen LogP contribution in [0.15, 0.2) is 24.3 Å². The average Bonchev–Trinajstić information content (AvgIpc) is 2.72. The van der Waals surface area contributed by atoms with Crippen LogP contribution in [-0.4, -0.2) is 61.5 Å². The van der Waals surface area contributed by atoms with Gasteiger partial charge in [0.2, 0.25) is 5.91 Å². The van der Waals surface area contributed by atoms with Crippen molar-refractivity contribution in [1.29, 1.82) is 0 Å². The second-order valence-corrected chi connectivity index (χ2v) is 8.80. The molecule has 1 heterocycles. The Balaban J connectivity index is 1.34. The maximum atomic E-state index is 12.3. The smallest absolute Gasteiger partial charge is 0.369 e. The molecule has 0 bridgehead atoms. The highest BCUT2D eigenvalue weighted by atomic mass is 19.4. The van der Waals surface area contributed by atoms with Crippen LogP contribution in [0.2, 0.25) is 0 Å². The van der Waals surface area contributed by atoms with Gasteiger partial charge in [-0.3, -0.25) is 14.5 Å². The second-order valence-electron chi connectivity index (χ2n) is 8.80. The van der Waals surface area contributed by atoms with E-state index in [1.165, 1.54) is 0 Å². The number of rotatable bonds is 7. The van der Waals surface area contributed by atoms with E-state index in [-0.39, 0.29) is 11.8 Å². The maximum absolute atomic E-state index is 12.3. The normalized spacial score (nSPS) is 22.9. The number of ketones is 1. The molecule has 0 spiro atoms. The Morgan fingerprint density at radius 3 is 2.35 bits per heavy atom. The number of hydrogen-bond acceptors (Lipinski definition) is 4. The Labute approximate surface area is 182 Å². The van der Waals surface area contributed by atoms with Crippen molar-refractivity contribution in [3.05, 3.63) is 29.8 Å². The first-order valence-corrected chi connectivity index (χ1v) is 11.1. The van der Waals surface area contributed by atoms with Gasteiger partial charge >= 0.3 is 6.18 Å². The van der Waals surface area contributed by atoms with Gasteiger partial charge in [0.1, 0.15) is 6.42 Å². The summed E-state index contributed by atoms with van der Waals surface area (Å²) in [6, 6.07) is 7.66. The second kappa shape index (κ2) is 10.5. The molecule has 1 aromatic rings. The van der Waals surface area contributed by atoms with E-state index in [9.17, 15) is 22.8 Å². The summed E-state index contributed by atoms with van der Waals surface area (Å²) < 4.78 is 36.9. The van der Waals surface area contributed by atoms with Crippen molar-refractivity contribution in [3.8, 4) is 0 Å². The topological polar surface area (TPSA) is 52.7 Å². The van der Waals surface area contributed by atoms with Gasteiger partial charge in [-0.1, -0.05) is 12.1 Å². The van der Waals surface area contributed by atoms with Crippen LogP contribution in [0.25, 0.3) is 0 Å². The highest BCUT2D eigenvalue weighted by Gasteiger charge is 2.32. The van der Waals surface area contributed by atoms with Crippen molar-refractivity contribution in [2.75, 3.05) is 37.6 Å². The number of nitrogens with one attached hydrogen (secondary N) is 1. The van der Waals surface area contributed by atoms with E-state index >= 15 is 0 Å². The molecule has 0 aromatic heterocycles. The maximum Gasteiger partial charge on any atom is 0.397 e. The van der Waals surface area contributed by atoms with E-state index in [4.69, 9.17) is 0 Å². The molecule has 0 unspecified atom stereocenters. The predicted molar refractivity (Wildman–Crippen MR) is 114 cm³/mol. The molecule has 172 valence electrons. The standard InChI is InChI=1S/C23H32F3N3O2/c1-17(30)19-3-2-4-21(15-19)29-13-11-28(12-14-29)10-9-18-5-7-20(8-6-18)27-22(31)16-23(24,25)26/h2-4,15,18,20H,5-14,16H2,1H3,(H,27,31). The number of benzene rings is 1. The van der Waals surface area contributed by atoms with Crippen molar-refractivity contribution in [1.82, 2.24) is 10.2 Å². The molecule has 0 atom stereocenters. The first-order chi connectivity index (χ1) is 14.7. The van der Waals surface area contributed by atoms with Gasteiger partial charge in [-0.15, -0.1) is 0 Å². The minimum absolute atomic E-state index is 0.0788. The lowest BCUT2D eigenvalue weighted by Crippen LogP contribution is -2.47. The molecular weight excluding hydrogens is 407 g/mol. The van der Waals surface area contributed by atoms with Gasteiger partial charge in [-0.05, 0) is 63.6 Å². The number of piperazine rings is 1. The van der Waals surface area contributed by atoms with Crippen LogP contribution >= 0.6 is 0 Å². The van der Waals surface area contributed by atoms with Crippen molar-refractivity contribution in [3.63, 3.8) is 0 Å². The van der Waals surface area contributed by atoms with Gasteiger partial charge in [0.05, 0.1) is 0 Å². The van der Waals surface area contributed by atoms with Crippen molar-refractivity contribution in [2.45, 2.75) is 57.7 Å². The number of nitrogens with zero attached hydrogens (tertiary/aromatic N) is 2. The van der Waals surface area contributed by atoms with E-state index < -0.39 is 18.5 Å². The zero-order valence-corrected chi connectivity index (χ0v) is 18.1. The van der Waals surface area contributed by atoms with Crippen molar-refractivity contribution in [2.24, 2.45) is 5.92 Å². The molecule has 0 radical (unpaired) electrons. The lowest BCUT2D eigenvalue weighted by atomic mass is 9.84. The van der Waals surface area contributed by atoms with Crippen molar-refractivity contribution >= 4 is 17.4 Å². The summed E-state index contributed by atoms with van der Waals surface area (Å²) in [6.07, 6.45) is -1.32. The molecule has 2 aliphatic rings. The lowest BCUT2D eigenvalue weighted by Gasteiger charge is -2.37. The minimum Gasteiger partial charge on any atom is -0.369 e. The third kappa shape index (κ3) is 7.52. The minimum atomic E-state index is -4.44. The first kappa shape index (κ1) is 23.6. The van der Waals surface area contributed by atoms with Gasteiger partial charge < -0.3 is 10.2 Å². The van der Waals surface area contributed by atoms with Gasteiger partial charge in [0, 0.05) is 43.5 Å².